The number of halogens is 1. The zero-order valence-electron chi connectivity index (χ0n) is 13.9. The van der Waals surface area contributed by atoms with E-state index in [9.17, 15) is 9.59 Å². The number of primary amides is 1. The lowest BCUT2D eigenvalue weighted by Gasteiger charge is -2.14. The van der Waals surface area contributed by atoms with Crippen LogP contribution < -0.4 is 20.7 Å². The zero-order valence-corrected chi connectivity index (χ0v) is 15.5. The largest absolute Gasteiger partial charge is 0.488 e. The molecule has 0 bridgehead atoms. The Morgan fingerprint density at radius 2 is 1.76 bits per heavy atom. The number of carbonyl (C=O) groups is 2. The first-order valence-electron chi connectivity index (χ1n) is 7.83. The van der Waals surface area contributed by atoms with Crippen molar-refractivity contribution in [3.63, 3.8) is 0 Å². The van der Waals surface area contributed by atoms with Gasteiger partial charge < -0.3 is 20.7 Å². The van der Waals surface area contributed by atoms with Crippen molar-refractivity contribution in [2.24, 2.45) is 5.73 Å². The highest BCUT2D eigenvalue weighted by Crippen LogP contribution is 2.15. The monoisotopic (exact) mass is 406 g/mol. The summed E-state index contributed by atoms with van der Waals surface area (Å²) in [5, 5.41) is 2.80. The van der Waals surface area contributed by atoms with E-state index in [2.05, 4.69) is 21.2 Å². The molecule has 0 radical (unpaired) electrons. The third-order valence-electron chi connectivity index (χ3n) is 3.53. The fourth-order valence-corrected chi connectivity index (χ4v) is 2.42. The fourth-order valence-electron chi connectivity index (χ4n) is 2.16. The minimum Gasteiger partial charge on any atom is -0.488 e. The Bertz CT molecular complexity index is 717. The van der Waals surface area contributed by atoms with Crippen LogP contribution in [0.4, 0.5) is 5.69 Å². The first-order chi connectivity index (χ1) is 11.9. The molecule has 0 aliphatic heterocycles. The summed E-state index contributed by atoms with van der Waals surface area (Å²) in [5.41, 5.74) is 6.22. The van der Waals surface area contributed by atoms with E-state index < -0.39 is 5.91 Å². The number of nitrogens with two attached hydrogens (primary N) is 1. The number of amides is 2. The average molecular weight is 407 g/mol. The summed E-state index contributed by atoms with van der Waals surface area (Å²) < 4.78 is 6.65. The maximum atomic E-state index is 12.0. The Balaban J connectivity index is 1.72. The third kappa shape index (κ3) is 6.56. The molecule has 0 aliphatic rings. The molecular weight excluding hydrogens is 386 g/mol. The highest BCUT2D eigenvalue weighted by atomic mass is 79.9. The highest BCUT2D eigenvalue weighted by Gasteiger charge is 2.10. The van der Waals surface area contributed by atoms with Gasteiger partial charge in [-0.3, -0.25) is 9.59 Å². The second-order valence-corrected chi connectivity index (χ2v) is 6.59. The quantitative estimate of drug-likeness (QED) is 0.612. The van der Waals surface area contributed by atoms with Gasteiger partial charge in [0.2, 0.25) is 5.91 Å². The van der Waals surface area contributed by atoms with Crippen molar-refractivity contribution < 1.29 is 19.2 Å². The fraction of sp³-hybridized carbons (Fsp3) is 0.222. The van der Waals surface area contributed by atoms with Crippen LogP contribution in [0.5, 0.6) is 5.75 Å². The number of anilines is 1. The van der Waals surface area contributed by atoms with Gasteiger partial charge in [0.25, 0.3) is 5.91 Å². The summed E-state index contributed by atoms with van der Waals surface area (Å²) in [4.78, 5) is 24.1. The van der Waals surface area contributed by atoms with Crippen molar-refractivity contribution in [2.75, 3.05) is 32.1 Å². The summed E-state index contributed by atoms with van der Waals surface area (Å²) in [6, 6.07) is 14.1. The lowest BCUT2D eigenvalue weighted by atomic mass is 10.2. The highest BCUT2D eigenvalue weighted by molar-refractivity contribution is 9.10. The number of likely N-dealkylation sites (N-methyl/N-ethyl adjacent to an activating group) is 1. The van der Waals surface area contributed by atoms with Gasteiger partial charge >= 0.3 is 0 Å². The van der Waals surface area contributed by atoms with E-state index in [4.69, 9.17) is 10.5 Å². The number of quaternary nitrogens is 1. The van der Waals surface area contributed by atoms with Crippen LogP contribution in [0, 0.1) is 0 Å². The molecule has 0 aliphatic carbocycles. The number of hydrogen-bond acceptors (Lipinski definition) is 3. The number of carbonyl (C=O) groups excluding carboxylic acids is 2. The molecule has 2 rings (SSSR count). The van der Waals surface area contributed by atoms with Crippen LogP contribution in [-0.4, -0.2) is 38.6 Å². The molecule has 0 heterocycles. The van der Waals surface area contributed by atoms with Gasteiger partial charge in [0.15, 0.2) is 6.54 Å². The van der Waals surface area contributed by atoms with E-state index in [1.807, 2.05) is 31.3 Å². The van der Waals surface area contributed by atoms with Crippen LogP contribution in [0.25, 0.3) is 0 Å². The van der Waals surface area contributed by atoms with Crippen LogP contribution >= 0.6 is 15.9 Å². The Labute approximate surface area is 155 Å². The molecule has 0 fully saturated rings. The average Bonchev–Trinajstić information content (AvgIpc) is 2.57. The van der Waals surface area contributed by atoms with Crippen LogP contribution in [-0.2, 0) is 4.79 Å². The number of nitrogens with one attached hydrogen (secondary N) is 2. The Hall–Kier alpha value is -2.38. The van der Waals surface area contributed by atoms with E-state index in [1.54, 1.807) is 24.3 Å². The summed E-state index contributed by atoms with van der Waals surface area (Å²) in [7, 11) is 1.93. The van der Waals surface area contributed by atoms with Gasteiger partial charge in [-0.2, -0.15) is 0 Å². The van der Waals surface area contributed by atoms with Crippen LogP contribution in [0.15, 0.2) is 53.0 Å². The minimum absolute atomic E-state index is 0.104. The molecule has 0 saturated carbocycles. The lowest BCUT2D eigenvalue weighted by molar-refractivity contribution is -0.871. The molecule has 0 spiro atoms. The van der Waals surface area contributed by atoms with E-state index in [1.165, 1.54) is 0 Å². The van der Waals surface area contributed by atoms with Crippen molar-refractivity contribution in [1.29, 1.82) is 0 Å². The molecule has 2 aromatic carbocycles. The number of hydrogen-bond donors (Lipinski definition) is 3. The number of ether oxygens (including phenoxy) is 1. The molecule has 2 aromatic rings. The van der Waals surface area contributed by atoms with E-state index in [0.29, 0.717) is 30.9 Å². The molecule has 0 aromatic heterocycles. The Kier molecular flexibility index (Phi) is 6.97. The van der Waals surface area contributed by atoms with Gasteiger partial charge in [-0.25, -0.2) is 0 Å². The first kappa shape index (κ1) is 19.0. The van der Waals surface area contributed by atoms with Crippen molar-refractivity contribution in [3.05, 3.63) is 58.6 Å². The van der Waals surface area contributed by atoms with Gasteiger partial charge in [-0.15, -0.1) is 0 Å². The molecule has 6 nitrogen and oxygen atoms in total. The molecule has 1 unspecified atom stereocenters. The Morgan fingerprint density at radius 1 is 1.12 bits per heavy atom. The van der Waals surface area contributed by atoms with Crippen molar-refractivity contribution in [2.45, 2.75) is 0 Å². The van der Waals surface area contributed by atoms with E-state index in [0.717, 1.165) is 15.1 Å². The maximum absolute atomic E-state index is 12.0. The summed E-state index contributed by atoms with van der Waals surface area (Å²) in [5.74, 6) is 0.204. The topological polar surface area (TPSA) is 85.9 Å². The maximum Gasteiger partial charge on any atom is 0.279 e. The number of rotatable bonds is 8. The lowest BCUT2D eigenvalue weighted by Crippen LogP contribution is -3.10. The molecule has 2 amide bonds. The predicted molar refractivity (Wildman–Crippen MR) is 99.8 cm³/mol. The van der Waals surface area contributed by atoms with Crippen LogP contribution in [0.1, 0.15) is 10.4 Å². The summed E-state index contributed by atoms with van der Waals surface area (Å²) >= 11 is 3.38. The summed E-state index contributed by atoms with van der Waals surface area (Å²) in [6.07, 6.45) is 0. The van der Waals surface area contributed by atoms with Crippen molar-refractivity contribution >= 4 is 33.4 Å². The van der Waals surface area contributed by atoms with Gasteiger partial charge in [0.1, 0.15) is 18.9 Å². The second-order valence-electron chi connectivity index (χ2n) is 5.68. The molecule has 132 valence electrons. The molecule has 7 heteroatoms. The first-order valence-corrected chi connectivity index (χ1v) is 8.63. The smallest absolute Gasteiger partial charge is 0.279 e. The molecular formula is C18H21BrN3O3+. The SMILES string of the molecule is C[NH+](CCOc1ccc(Br)cc1)CC(=O)Nc1ccc(C(N)=O)cc1. The third-order valence-corrected chi connectivity index (χ3v) is 4.06. The molecule has 4 N–H and O–H groups in total. The zero-order chi connectivity index (χ0) is 18.2. The number of benzene rings is 2. The molecule has 25 heavy (non-hydrogen) atoms. The van der Waals surface area contributed by atoms with Gasteiger partial charge in [-0.05, 0) is 48.5 Å². The van der Waals surface area contributed by atoms with Crippen molar-refractivity contribution in [1.82, 2.24) is 0 Å². The van der Waals surface area contributed by atoms with Gasteiger partial charge in [0.05, 0.1) is 7.05 Å². The van der Waals surface area contributed by atoms with Gasteiger partial charge in [0, 0.05) is 15.7 Å². The van der Waals surface area contributed by atoms with Gasteiger partial charge in [-0.1, -0.05) is 15.9 Å². The molecule has 1 atom stereocenters. The Morgan fingerprint density at radius 3 is 2.36 bits per heavy atom. The van der Waals surface area contributed by atoms with Crippen LogP contribution in [0.3, 0.4) is 0 Å². The van der Waals surface area contributed by atoms with E-state index >= 15 is 0 Å². The second kappa shape index (κ2) is 9.19. The summed E-state index contributed by atoms with van der Waals surface area (Å²) in [6.45, 7) is 1.54. The van der Waals surface area contributed by atoms with E-state index in [-0.39, 0.29) is 5.91 Å². The predicted octanol–water partition coefficient (Wildman–Crippen LogP) is 1.08. The normalized spacial score (nSPS) is 11.6. The molecule has 0 saturated heterocycles. The van der Waals surface area contributed by atoms with Crippen LogP contribution in [0.2, 0.25) is 0 Å². The van der Waals surface area contributed by atoms with Crippen molar-refractivity contribution in [3.8, 4) is 5.75 Å². The standard InChI is InChI=1S/C18H20BrN3O3/c1-22(10-11-25-16-8-4-14(19)5-9-16)12-17(23)21-15-6-2-13(3-7-15)18(20)24/h2-9H,10-12H2,1H3,(H2,20,24)(H,21,23)/p+1. The minimum atomic E-state index is -0.493.